The summed E-state index contributed by atoms with van der Waals surface area (Å²) in [4.78, 5) is 57.7. The van der Waals surface area contributed by atoms with Gasteiger partial charge in [0.2, 0.25) is 17.7 Å². The van der Waals surface area contributed by atoms with E-state index in [2.05, 4.69) is 29.6 Å². The Hall–Kier alpha value is -3.73. The highest BCUT2D eigenvalue weighted by Crippen LogP contribution is 2.54. The quantitative estimate of drug-likeness (QED) is 0.393. The third kappa shape index (κ3) is 6.56. The highest BCUT2D eigenvalue weighted by atomic mass is 16.5. The van der Waals surface area contributed by atoms with Crippen LogP contribution in [0.15, 0.2) is 42.7 Å². The van der Waals surface area contributed by atoms with Gasteiger partial charge in [-0.1, -0.05) is 57.0 Å². The molecular formula is C35H48N6O5. The smallest absolute Gasteiger partial charge is 0.257 e. The molecule has 0 bridgehead atoms. The van der Waals surface area contributed by atoms with Crippen molar-refractivity contribution in [3.8, 4) is 0 Å². The number of hydrogen-bond acceptors (Lipinski definition) is 6. The SMILES string of the molecule is CNC(=O)[C@@H](NC(=O)[C@H]1CN(C(=O)c2cnn(Cc3ccccc3)c2)CC12CN(C(=O)[C@H]1CC1(C)C)C2)[C@@H](C)OCC1CCCC1. The fourth-order valence-corrected chi connectivity index (χ4v) is 7.66. The zero-order chi connectivity index (χ0) is 32.6. The lowest BCUT2D eigenvalue weighted by molar-refractivity contribution is -0.152. The van der Waals surface area contributed by atoms with Gasteiger partial charge in [-0.25, -0.2) is 0 Å². The van der Waals surface area contributed by atoms with Crippen LogP contribution in [-0.2, 0) is 25.7 Å². The van der Waals surface area contributed by atoms with Crippen molar-refractivity contribution in [1.29, 1.82) is 0 Å². The standard InChI is InChI=1S/C35H48N6O5/c1-23(46-19-25-12-8-9-13-25)29(31(43)36-4)38-30(42)28-18-39(20-35(28)21-40(22-35)33(45)27-14-34(27,2)3)32(44)26-15-37-41(17-26)16-24-10-6-5-7-11-24/h5-7,10-11,15,17,23,25,27-29H,8-9,12-14,16,18-22H2,1-4H3,(H,36,43)(H,38,42)/t23-,27-,28-,29+/m1/s1. The first-order valence-electron chi connectivity index (χ1n) is 16.8. The summed E-state index contributed by atoms with van der Waals surface area (Å²) in [5.41, 5.74) is 0.946. The van der Waals surface area contributed by atoms with E-state index >= 15 is 0 Å². The number of carbonyl (C=O) groups excluding carboxylic acids is 4. The third-order valence-electron chi connectivity index (χ3n) is 10.8. The molecule has 248 valence electrons. The van der Waals surface area contributed by atoms with Crippen LogP contribution in [0, 0.1) is 28.6 Å². The summed E-state index contributed by atoms with van der Waals surface area (Å²) in [6.45, 7) is 8.50. The molecular weight excluding hydrogens is 584 g/mol. The summed E-state index contributed by atoms with van der Waals surface area (Å²) in [5, 5.41) is 10.1. The zero-order valence-corrected chi connectivity index (χ0v) is 27.5. The van der Waals surface area contributed by atoms with E-state index in [1.54, 1.807) is 29.0 Å². The molecule has 1 aromatic heterocycles. The van der Waals surface area contributed by atoms with E-state index in [1.165, 1.54) is 12.8 Å². The number of hydrogen-bond donors (Lipinski definition) is 2. The van der Waals surface area contributed by atoms with Crippen LogP contribution in [0.4, 0.5) is 0 Å². The molecule has 6 rings (SSSR count). The number of nitrogens with one attached hydrogen (secondary N) is 2. The molecule has 0 radical (unpaired) electrons. The summed E-state index contributed by atoms with van der Waals surface area (Å²) in [6.07, 6.45) is 8.29. The molecule has 3 heterocycles. The summed E-state index contributed by atoms with van der Waals surface area (Å²) in [7, 11) is 1.55. The van der Waals surface area contributed by atoms with Gasteiger partial charge >= 0.3 is 0 Å². The normalized spacial score (nSPS) is 24.3. The molecule has 2 N–H and O–H groups in total. The Labute approximate surface area is 271 Å². The molecule has 4 atom stereocenters. The maximum absolute atomic E-state index is 14.1. The fourth-order valence-electron chi connectivity index (χ4n) is 7.66. The molecule has 2 aliphatic heterocycles. The van der Waals surface area contributed by atoms with Crippen molar-refractivity contribution in [2.45, 2.75) is 71.6 Å². The van der Waals surface area contributed by atoms with Crippen molar-refractivity contribution in [3.05, 3.63) is 53.9 Å². The van der Waals surface area contributed by atoms with Crippen molar-refractivity contribution >= 4 is 23.6 Å². The van der Waals surface area contributed by atoms with Gasteiger partial charge in [-0.3, -0.25) is 23.9 Å². The lowest BCUT2D eigenvalue weighted by atomic mass is 9.70. The maximum Gasteiger partial charge on any atom is 0.257 e. The molecule has 2 saturated heterocycles. The van der Waals surface area contributed by atoms with Crippen molar-refractivity contribution in [3.63, 3.8) is 0 Å². The Morgan fingerprint density at radius 2 is 1.70 bits per heavy atom. The number of likely N-dealkylation sites (N-methyl/N-ethyl adjacent to an activating group) is 1. The maximum atomic E-state index is 14.1. The second-order valence-electron chi connectivity index (χ2n) is 14.7. The van der Waals surface area contributed by atoms with Crippen LogP contribution in [0.25, 0.3) is 0 Å². The van der Waals surface area contributed by atoms with Crippen LogP contribution in [0.2, 0.25) is 0 Å². The largest absolute Gasteiger partial charge is 0.376 e. The van der Waals surface area contributed by atoms with Gasteiger partial charge in [0, 0.05) is 57.4 Å². The van der Waals surface area contributed by atoms with E-state index in [9.17, 15) is 19.2 Å². The molecule has 2 aromatic rings. The monoisotopic (exact) mass is 632 g/mol. The molecule has 1 aromatic carbocycles. The Bertz CT molecular complexity index is 1440. The van der Waals surface area contributed by atoms with E-state index < -0.39 is 23.5 Å². The summed E-state index contributed by atoms with van der Waals surface area (Å²) in [6, 6.07) is 9.04. The van der Waals surface area contributed by atoms with E-state index in [-0.39, 0.29) is 41.5 Å². The van der Waals surface area contributed by atoms with E-state index in [4.69, 9.17) is 4.74 Å². The molecule has 4 fully saturated rings. The second kappa shape index (κ2) is 12.8. The van der Waals surface area contributed by atoms with Gasteiger partial charge in [0.15, 0.2) is 0 Å². The van der Waals surface area contributed by atoms with Crippen molar-refractivity contribution in [2.24, 2.45) is 28.6 Å². The van der Waals surface area contributed by atoms with Crippen LogP contribution < -0.4 is 10.6 Å². The Morgan fingerprint density at radius 3 is 2.35 bits per heavy atom. The summed E-state index contributed by atoms with van der Waals surface area (Å²) >= 11 is 0. The van der Waals surface area contributed by atoms with Crippen molar-refractivity contribution < 1.29 is 23.9 Å². The summed E-state index contributed by atoms with van der Waals surface area (Å²) in [5.74, 6) is -0.785. The van der Waals surface area contributed by atoms with Gasteiger partial charge in [-0.2, -0.15) is 5.10 Å². The minimum Gasteiger partial charge on any atom is -0.376 e. The minimum absolute atomic E-state index is 0.00205. The van der Waals surface area contributed by atoms with Gasteiger partial charge in [0.05, 0.1) is 30.3 Å². The predicted octanol–water partition coefficient (Wildman–Crippen LogP) is 2.70. The zero-order valence-electron chi connectivity index (χ0n) is 27.5. The second-order valence-corrected chi connectivity index (χ2v) is 14.7. The Balaban J connectivity index is 1.17. The van der Waals surface area contributed by atoms with Crippen molar-refractivity contribution in [1.82, 2.24) is 30.2 Å². The van der Waals surface area contributed by atoms with Gasteiger partial charge in [0.25, 0.3) is 5.91 Å². The van der Waals surface area contributed by atoms with Crippen LogP contribution in [0.3, 0.4) is 0 Å². The van der Waals surface area contributed by atoms with E-state index in [0.717, 1.165) is 24.8 Å². The first kappa shape index (κ1) is 32.2. The fraction of sp³-hybridized carbons (Fsp3) is 0.629. The van der Waals surface area contributed by atoms with Gasteiger partial charge in [-0.15, -0.1) is 0 Å². The topological polar surface area (TPSA) is 126 Å². The van der Waals surface area contributed by atoms with Crippen LogP contribution >= 0.6 is 0 Å². The first-order chi connectivity index (χ1) is 22.0. The van der Waals surface area contributed by atoms with Crippen LogP contribution in [0.5, 0.6) is 0 Å². The van der Waals surface area contributed by atoms with E-state index in [1.807, 2.05) is 42.2 Å². The third-order valence-corrected chi connectivity index (χ3v) is 10.8. The number of aromatic nitrogens is 2. The van der Waals surface area contributed by atoms with Crippen LogP contribution in [0.1, 0.15) is 68.8 Å². The average Bonchev–Trinajstić information content (AvgIpc) is 3.54. The number of rotatable bonds is 11. The molecule has 46 heavy (non-hydrogen) atoms. The Kier molecular flexibility index (Phi) is 8.98. The number of amides is 4. The number of carbonyl (C=O) groups is 4. The first-order valence-corrected chi connectivity index (χ1v) is 16.8. The lowest BCUT2D eigenvalue weighted by Crippen LogP contribution is -2.65. The highest BCUT2D eigenvalue weighted by molar-refractivity contribution is 5.95. The lowest BCUT2D eigenvalue weighted by Gasteiger charge is -2.50. The summed E-state index contributed by atoms with van der Waals surface area (Å²) < 4.78 is 7.86. The van der Waals surface area contributed by atoms with Gasteiger partial charge in [0.1, 0.15) is 6.04 Å². The van der Waals surface area contributed by atoms with E-state index in [0.29, 0.717) is 44.3 Å². The highest BCUT2D eigenvalue weighted by Gasteiger charge is 2.62. The van der Waals surface area contributed by atoms with Gasteiger partial charge < -0.3 is 25.2 Å². The number of likely N-dealkylation sites (tertiary alicyclic amines) is 2. The number of nitrogens with zero attached hydrogens (tertiary/aromatic N) is 4. The van der Waals surface area contributed by atoms with Gasteiger partial charge in [-0.05, 0) is 43.1 Å². The molecule has 0 unspecified atom stereocenters. The molecule has 2 aliphatic carbocycles. The Morgan fingerprint density at radius 1 is 1.02 bits per heavy atom. The number of ether oxygens (including phenoxy) is 1. The van der Waals surface area contributed by atoms with Crippen LogP contribution in [-0.4, -0.2) is 95.2 Å². The molecule has 11 heteroatoms. The molecule has 4 aliphatic rings. The predicted molar refractivity (Wildman–Crippen MR) is 171 cm³/mol. The minimum atomic E-state index is -0.873. The van der Waals surface area contributed by atoms with Crippen molar-refractivity contribution in [2.75, 3.05) is 39.8 Å². The number of benzene rings is 1. The average molecular weight is 633 g/mol. The molecule has 4 amide bonds. The molecule has 1 spiro atoms. The molecule has 2 saturated carbocycles. The molecule has 11 nitrogen and oxygen atoms in total.